The molecule has 2 aromatic carbocycles. The van der Waals surface area contributed by atoms with Gasteiger partial charge in [-0.25, -0.2) is 0 Å². The number of nitrogens with zero attached hydrogens (tertiary/aromatic N) is 1. The van der Waals surface area contributed by atoms with Gasteiger partial charge in [-0.05, 0) is 23.3 Å². The second-order valence-electron chi connectivity index (χ2n) is 5.37. The van der Waals surface area contributed by atoms with Gasteiger partial charge in [0.1, 0.15) is 0 Å². The van der Waals surface area contributed by atoms with Crippen LogP contribution in [0, 0.1) is 0 Å². The van der Waals surface area contributed by atoms with E-state index < -0.39 is 0 Å². The highest BCUT2D eigenvalue weighted by Crippen LogP contribution is 2.46. The van der Waals surface area contributed by atoms with Crippen molar-refractivity contribution >= 4 is 11.8 Å². The Kier molecular flexibility index (Phi) is 3.26. The second-order valence-corrected chi connectivity index (χ2v) is 6.45. The third-order valence-electron chi connectivity index (χ3n) is 4.16. The van der Waals surface area contributed by atoms with Crippen LogP contribution in [-0.2, 0) is 0 Å². The second kappa shape index (κ2) is 5.24. The lowest BCUT2D eigenvalue weighted by Crippen LogP contribution is -2.45. The van der Waals surface area contributed by atoms with Gasteiger partial charge in [0, 0.05) is 36.0 Å². The lowest BCUT2D eigenvalue weighted by molar-refractivity contribution is 0.194. The van der Waals surface area contributed by atoms with Crippen LogP contribution in [0.25, 0.3) is 0 Å². The Bertz CT molecular complexity index is 574. The molecule has 2 heterocycles. The van der Waals surface area contributed by atoms with Crippen LogP contribution in [0.4, 0.5) is 0 Å². The summed E-state index contributed by atoms with van der Waals surface area (Å²) >= 11 is 1.91. The molecule has 20 heavy (non-hydrogen) atoms. The summed E-state index contributed by atoms with van der Waals surface area (Å²) < 4.78 is 0. The van der Waals surface area contributed by atoms with Gasteiger partial charge < -0.3 is 5.32 Å². The molecule has 4 rings (SSSR count). The van der Waals surface area contributed by atoms with Gasteiger partial charge in [0.25, 0.3) is 0 Å². The SMILES string of the molecule is c1ccc2c(c1)Sc1ccccc1C2N1CCNCC1. The van der Waals surface area contributed by atoms with E-state index in [1.54, 1.807) is 0 Å². The molecule has 3 heteroatoms. The largest absolute Gasteiger partial charge is 0.314 e. The number of benzene rings is 2. The zero-order valence-corrected chi connectivity index (χ0v) is 12.2. The van der Waals surface area contributed by atoms with Crippen LogP contribution in [0.1, 0.15) is 17.2 Å². The summed E-state index contributed by atoms with van der Waals surface area (Å²) in [5, 5.41) is 3.45. The summed E-state index contributed by atoms with van der Waals surface area (Å²) in [5.74, 6) is 0. The molecule has 0 unspecified atom stereocenters. The number of fused-ring (bicyclic) bond motifs is 2. The van der Waals surface area contributed by atoms with E-state index >= 15 is 0 Å². The van der Waals surface area contributed by atoms with Crippen molar-refractivity contribution in [3.63, 3.8) is 0 Å². The average molecular weight is 282 g/mol. The maximum Gasteiger partial charge on any atom is 0.0624 e. The molecule has 0 atom stereocenters. The lowest BCUT2D eigenvalue weighted by atomic mass is 9.95. The van der Waals surface area contributed by atoms with Crippen LogP contribution in [0.2, 0.25) is 0 Å². The predicted octanol–water partition coefficient (Wildman–Crippen LogP) is 3.15. The maximum atomic E-state index is 3.45. The predicted molar refractivity (Wildman–Crippen MR) is 83.3 cm³/mol. The molecular weight excluding hydrogens is 264 g/mol. The van der Waals surface area contributed by atoms with E-state index in [4.69, 9.17) is 0 Å². The van der Waals surface area contributed by atoms with Crippen molar-refractivity contribution in [2.45, 2.75) is 15.8 Å². The number of rotatable bonds is 1. The molecule has 0 aliphatic carbocycles. The monoisotopic (exact) mass is 282 g/mol. The van der Waals surface area contributed by atoms with Crippen molar-refractivity contribution < 1.29 is 0 Å². The molecule has 0 aromatic heterocycles. The van der Waals surface area contributed by atoms with E-state index in [-0.39, 0.29) is 0 Å². The average Bonchev–Trinajstić information content (AvgIpc) is 2.53. The Balaban J connectivity index is 1.83. The minimum Gasteiger partial charge on any atom is -0.314 e. The fourth-order valence-corrected chi connectivity index (χ4v) is 4.34. The Hall–Kier alpha value is -1.29. The highest BCUT2D eigenvalue weighted by molar-refractivity contribution is 7.99. The van der Waals surface area contributed by atoms with E-state index in [1.165, 1.54) is 20.9 Å². The van der Waals surface area contributed by atoms with Gasteiger partial charge in [0.15, 0.2) is 0 Å². The fourth-order valence-electron chi connectivity index (χ4n) is 3.22. The molecular formula is C17H18N2S. The van der Waals surface area contributed by atoms with Gasteiger partial charge in [-0.15, -0.1) is 0 Å². The zero-order valence-electron chi connectivity index (χ0n) is 11.4. The van der Waals surface area contributed by atoms with Crippen LogP contribution in [0.15, 0.2) is 58.3 Å². The summed E-state index contributed by atoms with van der Waals surface area (Å²) in [5.41, 5.74) is 2.94. The lowest BCUT2D eigenvalue weighted by Gasteiger charge is -2.39. The number of hydrogen-bond acceptors (Lipinski definition) is 3. The summed E-state index contributed by atoms with van der Waals surface area (Å²) in [7, 11) is 0. The summed E-state index contributed by atoms with van der Waals surface area (Å²) in [4.78, 5) is 5.44. The Labute approximate surface area is 124 Å². The summed E-state index contributed by atoms with van der Waals surface area (Å²) in [6, 6.07) is 18.2. The third kappa shape index (κ3) is 2.06. The van der Waals surface area contributed by atoms with Crippen molar-refractivity contribution in [1.29, 1.82) is 0 Å². The minimum absolute atomic E-state index is 0.422. The molecule has 102 valence electrons. The van der Waals surface area contributed by atoms with E-state index in [1.807, 2.05) is 11.8 Å². The first-order valence-corrected chi connectivity index (χ1v) is 8.05. The van der Waals surface area contributed by atoms with Crippen LogP contribution < -0.4 is 5.32 Å². The smallest absolute Gasteiger partial charge is 0.0624 e. The number of hydrogen-bond donors (Lipinski definition) is 1. The fraction of sp³-hybridized carbons (Fsp3) is 0.294. The van der Waals surface area contributed by atoms with Crippen molar-refractivity contribution in [2.75, 3.05) is 26.2 Å². The standard InChI is InChI=1S/C17H18N2S/c1-3-7-15-13(5-1)17(19-11-9-18-10-12-19)14-6-2-4-8-16(14)20-15/h1-8,17-18H,9-12H2. The Morgan fingerprint density at radius 3 is 2.00 bits per heavy atom. The molecule has 0 saturated carbocycles. The van der Waals surface area contributed by atoms with Gasteiger partial charge in [-0.2, -0.15) is 0 Å². The van der Waals surface area contributed by atoms with Crippen LogP contribution in [0.5, 0.6) is 0 Å². The van der Waals surface area contributed by atoms with Crippen LogP contribution in [0.3, 0.4) is 0 Å². The normalized spacial score (nSPS) is 19.4. The molecule has 0 spiro atoms. The Morgan fingerprint density at radius 1 is 0.850 bits per heavy atom. The van der Waals surface area contributed by atoms with Crippen molar-refractivity contribution in [2.24, 2.45) is 0 Å². The van der Waals surface area contributed by atoms with Gasteiger partial charge in [-0.3, -0.25) is 4.90 Å². The molecule has 1 fully saturated rings. The van der Waals surface area contributed by atoms with Crippen LogP contribution in [-0.4, -0.2) is 31.1 Å². The molecule has 2 aromatic rings. The molecule has 1 N–H and O–H groups in total. The first-order valence-electron chi connectivity index (χ1n) is 7.24. The van der Waals surface area contributed by atoms with Crippen LogP contribution >= 0.6 is 11.8 Å². The molecule has 2 aliphatic heterocycles. The van der Waals surface area contributed by atoms with E-state index in [9.17, 15) is 0 Å². The number of nitrogens with one attached hydrogen (secondary N) is 1. The molecule has 0 radical (unpaired) electrons. The quantitative estimate of drug-likeness (QED) is 0.865. The van der Waals surface area contributed by atoms with Crippen molar-refractivity contribution in [3.8, 4) is 0 Å². The molecule has 2 aliphatic rings. The third-order valence-corrected chi connectivity index (χ3v) is 5.35. The topological polar surface area (TPSA) is 15.3 Å². The molecule has 2 nitrogen and oxygen atoms in total. The first-order chi connectivity index (χ1) is 9.93. The summed E-state index contributed by atoms with van der Waals surface area (Å²) in [6.45, 7) is 4.43. The molecule has 0 amide bonds. The zero-order chi connectivity index (χ0) is 13.4. The van der Waals surface area contributed by atoms with Crippen molar-refractivity contribution in [1.82, 2.24) is 10.2 Å². The highest BCUT2D eigenvalue weighted by atomic mass is 32.2. The first kappa shape index (κ1) is 12.5. The molecule has 1 saturated heterocycles. The van der Waals surface area contributed by atoms with Gasteiger partial charge in [0.2, 0.25) is 0 Å². The highest BCUT2D eigenvalue weighted by Gasteiger charge is 2.30. The van der Waals surface area contributed by atoms with Gasteiger partial charge in [0.05, 0.1) is 6.04 Å². The number of piperazine rings is 1. The Morgan fingerprint density at radius 2 is 1.40 bits per heavy atom. The molecule has 0 bridgehead atoms. The van der Waals surface area contributed by atoms with E-state index in [0.29, 0.717) is 6.04 Å². The summed E-state index contributed by atoms with van der Waals surface area (Å²) in [6.07, 6.45) is 0. The van der Waals surface area contributed by atoms with E-state index in [0.717, 1.165) is 26.2 Å². The van der Waals surface area contributed by atoms with Gasteiger partial charge >= 0.3 is 0 Å². The van der Waals surface area contributed by atoms with E-state index in [2.05, 4.69) is 58.7 Å². The minimum atomic E-state index is 0.422. The maximum absolute atomic E-state index is 3.45. The van der Waals surface area contributed by atoms with Gasteiger partial charge in [-0.1, -0.05) is 48.2 Å². The van der Waals surface area contributed by atoms with Crippen molar-refractivity contribution in [3.05, 3.63) is 59.7 Å².